The maximum absolute atomic E-state index is 4.09. The van der Waals surface area contributed by atoms with Crippen LogP contribution in [0.15, 0.2) is 6.20 Å². The molecule has 1 atom stereocenters. The van der Waals surface area contributed by atoms with Crippen molar-refractivity contribution in [1.29, 1.82) is 0 Å². The van der Waals surface area contributed by atoms with Crippen LogP contribution in [0.4, 0.5) is 0 Å². The van der Waals surface area contributed by atoms with Gasteiger partial charge in [-0.2, -0.15) is 0 Å². The largest absolute Gasteiger partial charge is 0.311 e. The summed E-state index contributed by atoms with van der Waals surface area (Å²) in [7, 11) is 6.11. The van der Waals surface area contributed by atoms with Gasteiger partial charge in [0.1, 0.15) is 0 Å². The summed E-state index contributed by atoms with van der Waals surface area (Å²) in [5.41, 5.74) is 1.16. The normalized spacial score (nSPS) is 13.4. The number of likely N-dealkylation sites (N-methyl/N-ethyl adjacent to an activating group) is 2. The summed E-state index contributed by atoms with van der Waals surface area (Å²) in [5, 5.41) is 11.4. The quantitative estimate of drug-likeness (QED) is 0.745. The van der Waals surface area contributed by atoms with Crippen LogP contribution in [0, 0.1) is 0 Å². The lowest BCUT2D eigenvalue weighted by Gasteiger charge is -2.20. The van der Waals surface area contributed by atoms with Crippen LogP contribution < -0.4 is 5.32 Å². The second-order valence-corrected chi connectivity index (χ2v) is 3.99. The van der Waals surface area contributed by atoms with Crippen molar-refractivity contribution in [3.05, 3.63) is 11.9 Å². The molecule has 0 aliphatic rings. The van der Waals surface area contributed by atoms with Crippen molar-refractivity contribution in [3.63, 3.8) is 0 Å². The molecular formula is C10H21N5. The molecule has 5 nitrogen and oxygen atoms in total. The van der Waals surface area contributed by atoms with Crippen LogP contribution in [0.1, 0.15) is 25.1 Å². The summed E-state index contributed by atoms with van der Waals surface area (Å²) < 4.78 is 1.98. The molecule has 0 aliphatic heterocycles. The molecule has 0 radical (unpaired) electrons. The molecule has 1 heterocycles. The molecule has 1 unspecified atom stereocenters. The average Bonchev–Trinajstić information content (AvgIpc) is 2.63. The van der Waals surface area contributed by atoms with E-state index in [2.05, 4.69) is 41.5 Å². The molecule has 0 bridgehead atoms. The minimum absolute atomic E-state index is 0.293. The lowest BCUT2D eigenvalue weighted by molar-refractivity contribution is 0.339. The van der Waals surface area contributed by atoms with Crippen molar-refractivity contribution in [1.82, 2.24) is 25.2 Å². The van der Waals surface area contributed by atoms with E-state index < -0.39 is 0 Å². The third kappa shape index (κ3) is 3.28. The summed E-state index contributed by atoms with van der Waals surface area (Å²) in [6.45, 7) is 4.03. The van der Waals surface area contributed by atoms with Crippen molar-refractivity contribution in [2.75, 3.05) is 27.7 Å². The Kier molecular flexibility index (Phi) is 4.71. The van der Waals surface area contributed by atoms with Crippen molar-refractivity contribution in [2.45, 2.75) is 25.9 Å². The number of nitrogens with zero attached hydrogens (tertiary/aromatic N) is 4. The second kappa shape index (κ2) is 5.82. The van der Waals surface area contributed by atoms with Crippen LogP contribution in [0.3, 0.4) is 0 Å². The summed E-state index contributed by atoms with van der Waals surface area (Å²) in [5.74, 6) is 0. The lowest BCUT2D eigenvalue weighted by atomic mass is 10.2. The fourth-order valence-electron chi connectivity index (χ4n) is 1.62. The Morgan fingerprint density at radius 1 is 1.53 bits per heavy atom. The zero-order valence-electron chi connectivity index (χ0n) is 10.1. The SMILES string of the molecule is CCCn1nncc1C(CN(C)C)NC. The topological polar surface area (TPSA) is 46.0 Å². The molecule has 0 amide bonds. The van der Waals surface area contributed by atoms with Gasteiger partial charge in [-0.15, -0.1) is 5.10 Å². The van der Waals surface area contributed by atoms with Gasteiger partial charge < -0.3 is 10.2 Å². The lowest BCUT2D eigenvalue weighted by Crippen LogP contribution is -2.30. The van der Waals surface area contributed by atoms with Crippen molar-refractivity contribution in [2.24, 2.45) is 0 Å². The van der Waals surface area contributed by atoms with E-state index in [-0.39, 0.29) is 0 Å². The smallest absolute Gasteiger partial charge is 0.0769 e. The molecule has 1 N–H and O–H groups in total. The van der Waals surface area contributed by atoms with Gasteiger partial charge in [-0.05, 0) is 27.6 Å². The van der Waals surface area contributed by atoms with E-state index in [9.17, 15) is 0 Å². The van der Waals surface area contributed by atoms with Gasteiger partial charge in [-0.3, -0.25) is 0 Å². The first-order valence-corrected chi connectivity index (χ1v) is 5.39. The summed E-state index contributed by atoms with van der Waals surface area (Å²) >= 11 is 0. The number of hydrogen-bond acceptors (Lipinski definition) is 4. The molecule has 1 rings (SSSR count). The number of aryl methyl sites for hydroxylation is 1. The second-order valence-electron chi connectivity index (χ2n) is 3.99. The maximum Gasteiger partial charge on any atom is 0.0769 e. The van der Waals surface area contributed by atoms with E-state index in [0.717, 1.165) is 25.2 Å². The zero-order valence-corrected chi connectivity index (χ0v) is 10.1. The molecule has 0 saturated carbocycles. The zero-order chi connectivity index (χ0) is 11.3. The highest BCUT2D eigenvalue weighted by Crippen LogP contribution is 2.11. The summed E-state index contributed by atoms with van der Waals surface area (Å²) in [6, 6.07) is 0.293. The van der Waals surface area contributed by atoms with Crippen LogP contribution in [-0.4, -0.2) is 47.6 Å². The van der Waals surface area contributed by atoms with Gasteiger partial charge >= 0.3 is 0 Å². The number of aromatic nitrogens is 3. The van der Waals surface area contributed by atoms with Gasteiger partial charge in [0.2, 0.25) is 0 Å². The molecule has 1 aromatic heterocycles. The van der Waals surface area contributed by atoms with E-state index in [0.29, 0.717) is 6.04 Å². The fraction of sp³-hybridized carbons (Fsp3) is 0.800. The fourth-order valence-corrected chi connectivity index (χ4v) is 1.62. The van der Waals surface area contributed by atoms with Crippen LogP contribution in [0.25, 0.3) is 0 Å². The monoisotopic (exact) mass is 211 g/mol. The Hall–Kier alpha value is -0.940. The van der Waals surface area contributed by atoms with E-state index >= 15 is 0 Å². The number of hydrogen-bond donors (Lipinski definition) is 1. The number of nitrogens with one attached hydrogen (secondary N) is 1. The van der Waals surface area contributed by atoms with Gasteiger partial charge in [-0.25, -0.2) is 4.68 Å². The molecule has 0 spiro atoms. The predicted octanol–water partition coefficient (Wildman–Crippen LogP) is 0.510. The standard InChI is InChI=1S/C10H21N5/c1-5-6-15-10(7-12-13-15)9(11-2)8-14(3)4/h7,9,11H,5-6,8H2,1-4H3. The minimum Gasteiger partial charge on any atom is -0.311 e. The highest BCUT2D eigenvalue weighted by atomic mass is 15.4. The van der Waals surface area contributed by atoms with Crippen molar-refractivity contribution in [3.8, 4) is 0 Å². The molecule has 86 valence electrons. The van der Waals surface area contributed by atoms with E-state index in [4.69, 9.17) is 0 Å². The summed E-state index contributed by atoms with van der Waals surface area (Å²) in [4.78, 5) is 2.16. The van der Waals surface area contributed by atoms with Crippen LogP contribution >= 0.6 is 0 Å². The Balaban J connectivity index is 2.76. The molecular weight excluding hydrogens is 190 g/mol. The third-order valence-corrected chi connectivity index (χ3v) is 2.34. The first-order chi connectivity index (χ1) is 7.19. The maximum atomic E-state index is 4.09. The molecule has 0 aromatic carbocycles. The van der Waals surface area contributed by atoms with Gasteiger partial charge in [0.15, 0.2) is 0 Å². The summed E-state index contributed by atoms with van der Waals surface area (Å²) in [6.07, 6.45) is 2.93. The Bertz CT molecular complexity index is 281. The highest BCUT2D eigenvalue weighted by Gasteiger charge is 2.15. The molecule has 0 aliphatic carbocycles. The first-order valence-electron chi connectivity index (χ1n) is 5.39. The Morgan fingerprint density at radius 3 is 2.80 bits per heavy atom. The minimum atomic E-state index is 0.293. The first kappa shape index (κ1) is 12.1. The molecule has 1 aromatic rings. The molecule has 0 saturated heterocycles. The molecule has 0 fully saturated rings. The van der Waals surface area contributed by atoms with Crippen molar-refractivity contribution < 1.29 is 0 Å². The van der Waals surface area contributed by atoms with E-state index in [1.807, 2.05) is 17.9 Å². The van der Waals surface area contributed by atoms with Crippen LogP contribution in [0.2, 0.25) is 0 Å². The number of rotatable bonds is 6. The third-order valence-electron chi connectivity index (χ3n) is 2.34. The van der Waals surface area contributed by atoms with Gasteiger partial charge in [0.25, 0.3) is 0 Å². The Labute approximate surface area is 91.5 Å². The highest BCUT2D eigenvalue weighted by molar-refractivity contribution is 5.02. The van der Waals surface area contributed by atoms with Crippen LogP contribution in [0.5, 0.6) is 0 Å². The van der Waals surface area contributed by atoms with Crippen LogP contribution in [-0.2, 0) is 6.54 Å². The van der Waals surface area contributed by atoms with E-state index in [1.54, 1.807) is 0 Å². The van der Waals surface area contributed by atoms with Crippen molar-refractivity contribution >= 4 is 0 Å². The molecule has 15 heavy (non-hydrogen) atoms. The van der Waals surface area contributed by atoms with E-state index in [1.165, 1.54) is 0 Å². The van der Waals surface area contributed by atoms with Gasteiger partial charge in [0, 0.05) is 13.1 Å². The van der Waals surface area contributed by atoms with Gasteiger partial charge in [-0.1, -0.05) is 12.1 Å². The Morgan fingerprint density at radius 2 is 2.27 bits per heavy atom. The van der Waals surface area contributed by atoms with Gasteiger partial charge in [0.05, 0.1) is 17.9 Å². The average molecular weight is 211 g/mol. The molecule has 5 heteroatoms. The predicted molar refractivity (Wildman–Crippen MR) is 60.7 cm³/mol.